The minimum atomic E-state index is -0.970. The first kappa shape index (κ1) is 20.3. The Bertz CT molecular complexity index is 782. The number of para-hydroxylation sites is 1. The van der Waals surface area contributed by atoms with Gasteiger partial charge in [0.25, 0.3) is 0 Å². The van der Waals surface area contributed by atoms with Gasteiger partial charge in [-0.05, 0) is 35.9 Å². The molecule has 0 aliphatic rings. The maximum Gasteiger partial charge on any atom is 0.244 e. The van der Waals surface area contributed by atoms with Crippen LogP contribution in [-0.2, 0) is 4.79 Å². The molecular formula is C19H20ClNO4S. The van der Waals surface area contributed by atoms with Crippen molar-refractivity contribution in [2.75, 3.05) is 20.3 Å². The average Bonchev–Trinajstić information content (AvgIpc) is 2.65. The summed E-state index contributed by atoms with van der Waals surface area (Å²) in [7, 11) is 1.63. The van der Waals surface area contributed by atoms with E-state index in [2.05, 4.69) is 5.32 Å². The highest BCUT2D eigenvalue weighted by atomic mass is 35.5. The minimum absolute atomic E-state index is 0.0120. The van der Waals surface area contributed by atoms with Crippen LogP contribution in [0.3, 0.4) is 0 Å². The molecule has 7 heteroatoms. The quantitative estimate of drug-likeness (QED) is 0.601. The number of aliphatic hydroxyl groups excluding tert-OH is 2. The van der Waals surface area contributed by atoms with E-state index in [1.807, 2.05) is 42.5 Å². The molecule has 1 amide bonds. The highest BCUT2D eigenvalue weighted by Gasteiger charge is 2.07. The van der Waals surface area contributed by atoms with E-state index >= 15 is 0 Å². The van der Waals surface area contributed by atoms with Crippen LogP contribution in [0.2, 0.25) is 5.02 Å². The molecule has 2 rings (SSSR count). The SMILES string of the molecule is COc1ccccc1Sc1ccc(/C=C/C(=O)NCC(O)CO)c(Cl)c1. The number of hydrogen-bond acceptors (Lipinski definition) is 5. The molecule has 26 heavy (non-hydrogen) atoms. The maximum atomic E-state index is 11.7. The lowest BCUT2D eigenvalue weighted by Crippen LogP contribution is -2.32. The fraction of sp³-hybridized carbons (Fsp3) is 0.211. The molecule has 5 nitrogen and oxygen atoms in total. The summed E-state index contributed by atoms with van der Waals surface area (Å²) in [6, 6.07) is 13.3. The number of nitrogens with one attached hydrogen (secondary N) is 1. The third kappa shape index (κ3) is 6.07. The van der Waals surface area contributed by atoms with Crippen LogP contribution in [0.5, 0.6) is 5.75 Å². The average molecular weight is 394 g/mol. The van der Waals surface area contributed by atoms with Gasteiger partial charge in [-0.2, -0.15) is 0 Å². The number of amides is 1. The predicted molar refractivity (Wildman–Crippen MR) is 104 cm³/mol. The molecule has 0 aliphatic carbocycles. The van der Waals surface area contributed by atoms with Gasteiger partial charge < -0.3 is 20.3 Å². The molecule has 0 radical (unpaired) electrons. The molecule has 0 saturated carbocycles. The van der Waals surface area contributed by atoms with Crippen molar-refractivity contribution in [2.24, 2.45) is 0 Å². The number of ether oxygens (including phenoxy) is 1. The number of rotatable bonds is 8. The van der Waals surface area contributed by atoms with Gasteiger partial charge in [-0.3, -0.25) is 4.79 Å². The fourth-order valence-corrected chi connectivity index (χ4v) is 3.32. The molecule has 3 N–H and O–H groups in total. The van der Waals surface area contributed by atoms with Crippen molar-refractivity contribution in [1.29, 1.82) is 0 Å². The zero-order valence-electron chi connectivity index (χ0n) is 14.2. The second kappa shape index (κ2) is 10.2. The summed E-state index contributed by atoms with van der Waals surface area (Å²) in [6.45, 7) is -0.414. The molecule has 0 aromatic heterocycles. The van der Waals surface area contributed by atoms with Crippen molar-refractivity contribution in [3.8, 4) is 5.75 Å². The Morgan fingerprint density at radius 1 is 1.35 bits per heavy atom. The number of carbonyl (C=O) groups excluding carboxylic acids is 1. The van der Waals surface area contributed by atoms with Crippen LogP contribution in [0.1, 0.15) is 5.56 Å². The van der Waals surface area contributed by atoms with Gasteiger partial charge in [0.2, 0.25) is 5.91 Å². The molecule has 138 valence electrons. The molecule has 1 atom stereocenters. The minimum Gasteiger partial charge on any atom is -0.496 e. The summed E-state index contributed by atoms with van der Waals surface area (Å²) in [6.07, 6.45) is 1.96. The first-order valence-corrected chi connectivity index (χ1v) is 9.08. The monoisotopic (exact) mass is 393 g/mol. The van der Waals surface area contributed by atoms with Crippen molar-refractivity contribution in [3.63, 3.8) is 0 Å². The van der Waals surface area contributed by atoms with E-state index in [0.717, 1.165) is 15.5 Å². The van der Waals surface area contributed by atoms with Crippen LogP contribution in [-0.4, -0.2) is 42.5 Å². The van der Waals surface area contributed by atoms with Gasteiger partial charge in [0.1, 0.15) is 5.75 Å². The van der Waals surface area contributed by atoms with E-state index in [-0.39, 0.29) is 12.5 Å². The first-order chi connectivity index (χ1) is 12.5. The number of benzene rings is 2. The van der Waals surface area contributed by atoms with Gasteiger partial charge >= 0.3 is 0 Å². The summed E-state index contributed by atoms with van der Waals surface area (Å²) < 4.78 is 5.34. The number of halogens is 1. The van der Waals surface area contributed by atoms with Crippen molar-refractivity contribution >= 4 is 35.3 Å². The van der Waals surface area contributed by atoms with Crippen molar-refractivity contribution < 1.29 is 19.7 Å². The third-order valence-electron chi connectivity index (χ3n) is 3.41. The zero-order chi connectivity index (χ0) is 18.9. The van der Waals surface area contributed by atoms with Gasteiger partial charge in [-0.25, -0.2) is 0 Å². The highest BCUT2D eigenvalue weighted by molar-refractivity contribution is 7.99. The maximum absolute atomic E-state index is 11.7. The van der Waals surface area contributed by atoms with Crippen LogP contribution in [0.15, 0.2) is 58.3 Å². The Morgan fingerprint density at radius 2 is 2.12 bits per heavy atom. The van der Waals surface area contributed by atoms with E-state index in [9.17, 15) is 9.90 Å². The van der Waals surface area contributed by atoms with Crippen molar-refractivity contribution in [1.82, 2.24) is 5.32 Å². The standard InChI is InChI=1S/C19H20ClNO4S/c1-25-17-4-2-3-5-18(17)26-15-8-6-13(16(20)10-15)7-9-19(24)21-11-14(23)12-22/h2-10,14,22-23H,11-12H2,1H3,(H,21,24)/b9-7+. The van der Waals surface area contributed by atoms with Gasteiger partial charge in [0, 0.05) is 22.5 Å². The Balaban J connectivity index is 2.03. The van der Waals surface area contributed by atoms with E-state index in [4.69, 9.17) is 21.4 Å². The molecule has 2 aromatic rings. The zero-order valence-corrected chi connectivity index (χ0v) is 15.8. The van der Waals surface area contributed by atoms with Gasteiger partial charge in [0.05, 0.1) is 24.7 Å². The lowest BCUT2D eigenvalue weighted by atomic mass is 10.2. The second-order valence-electron chi connectivity index (χ2n) is 5.35. The molecule has 0 spiro atoms. The molecule has 1 unspecified atom stereocenters. The summed E-state index contributed by atoms with van der Waals surface area (Å²) in [4.78, 5) is 13.6. The van der Waals surface area contributed by atoms with Crippen LogP contribution >= 0.6 is 23.4 Å². The number of aliphatic hydroxyl groups is 2. The number of methoxy groups -OCH3 is 1. The fourth-order valence-electron chi connectivity index (χ4n) is 2.04. The van der Waals surface area contributed by atoms with Crippen molar-refractivity contribution in [2.45, 2.75) is 15.9 Å². The Labute approximate surface area is 161 Å². The van der Waals surface area contributed by atoms with E-state index in [1.165, 1.54) is 17.8 Å². The Morgan fingerprint density at radius 3 is 2.81 bits per heavy atom. The van der Waals surface area contributed by atoms with Crippen LogP contribution < -0.4 is 10.1 Å². The molecule has 0 saturated heterocycles. The molecule has 0 fully saturated rings. The van der Waals surface area contributed by atoms with Gasteiger partial charge in [0.15, 0.2) is 0 Å². The summed E-state index contributed by atoms with van der Waals surface area (Å²) in [5.74, 6) is 0.417. The van der Waals surface area contributed by atoms with Crippen LogP contribution in [0, 0.1) is 0 Å². The Hall–Kier alpha value is -1.99. The summed E-state index contributed by atoms with van der Waals surface area (Å²) in [5, 5.41) is 20.9. The summed E-state index contributed by atoms with van der Waals surface area (Å²) >= 11 is 7.84. The number of hydrogen-bond donors (Lipinski definition) is 3. The van der Waals surface area contributed by atoms with E-state index in [0.29, 0.717) is 10.6 Å². The molecule has 0 heterocycles. The van der Waals surface area contributed by atoms with Crippen LogP contribution in [0.4, 0.5) is 0 Å². The topological polar surface area (TPSA) is 78.8 Å². The first-order valence-electron chi connectivity index (χ1n) is 7.88. The molecule has 0 bridgehead atoms. The number of carbonyl (C=O) groups is 1. The van der Waals surface area contributed by atoms with Gasteiger partial charge in [-0.1, -0.05) is 41.6 Å². The lowest BCUT2D eigenvalue weighted by Gasteiger charge is -2.09. The summed E-state index contributed by atoms with van der Waals surface area (Å²) in [5.41, 5.74) is 0.703. The normalized spacial score (nSPS) is 12.2. The van der Waals surface area contributed by atoms with E-state index in [1.54, 1.807) is 13.2 Å². The Kier molecular flexibility index (Phi) is 8.00. The molecule has 2 aromatic carbocycles. The highest BCUT2D eigenvalue weighted by Crippen LogP contribution is 2.36. The predicted octanol–water partition coefficient (Wildman–Crippen LogP) is 2.98. The van der Waals surface area contributed by atoms with Crippen molar-refractivity contribution in [3.05, 3.63) is 59.1 Å². The second-order valence-corrected chi connectivity index (χ2v) is 6.87. The largest absolute Gasteiger partial charge is 0.496 e. The van der Waals surface area contributed by atoms with E-state index < -0.39 is 12.7 Å². The van der Waals surface area contributed by atoms with Gasteiger partial charge in [-0.15, -0.1) is 0 Å². The van der Waals surface area contributed by atoms with Crippen LogP contribution in [0.25, 0.3) is 6.08 Å². The lowest BCUT2D eigenvalue weighted by molar-refractivity contribution is -0.117. The smallest absolute Gasteiger partial charge is 0.244 e. The third-order valence-corrected chi connectivity index (χ3v) is 4.78. The molecule has 0 aliphatic heterocycles. The molecular weight excluding hydrogens is 374 g/mol.